The van der Waals surface area contributed by atoms with E-state index in [0.29, 0.717) is 0 Å². The largest absolute Gasteiger partial charge is 0.481 e. The van der Waals surface area contributed by atoms with Gasteiger partial charge in [-0.1, -0.05) is 36.4 Å². The highest BCUT2D eigenvalue weighted by Crippen LogP contribution is 2.34. The molecule has 2 atom stereocenters. The zero-order valence-electron chi connectivity index (χ0n) is 14.2. The second-order valence-electron chi connectivity index (χ2n) is 6.38. The quantitative estimate of drug-likeness (QED) is 0.672. The zero-order valence-corrected chi connectivity index (χ0v) is 14.2. The lowest BCUT2D eigenvalue weighted by atomic mass is 9.89. The van der Waals surface area contributed by atoms with E-state index < -0.39 is 16.8 Å². The number of nitro groups is 1. The highest BCUT2D eigenvalue weighted by molar-refractivity contribution is 5.97. The Morgan fingerprint density at radius 3 is 2.42 bits per heavy atom. The van der Waals surface area contributed by atoms with Crippen LogP contribution in [0.4, 0.5) is 5.69 Å². The number of benzene rings is 2. The van der Waals surface area contributed by atoms with Crippen LogP contribution in [0, 0.1) is 23.0 Å². The highest BCUT2D eigenvalue weighted by atomic mass is 16.6. The van der Waals surface area contributed by atoms with Crippen LogP contribution in [-0.2, 0) is 4.79 Å². The zero-order chi connectivity index (χ0) is 18.8. The van der Waals surface area contributed by atoms with Crippen LogP contribution in [0.15, 0.2) is 48.5 Å². The summed E-state index contributed by atoms with van der Waals surface area (Å²) in [5.74, 6) is -2.35. The molecule has 0 saturated carbocycles. The van der Waals surface area contributed by atoms with Crippen LogP contribution in [0.5, 0.6) is 0 Å². The van der Waals surface area contributed by atoms with Crippen LogP contribution in [0.1, 0.15) is 27.4 Å². The fourth-order valence-corrected chi connectivity index (χ4v) is 3.48. The molecule has 2 aromatic carbocycles. The summed E-state index contributed by atoms with van der Waals surface area (Å²) in [6.07, 6.45) is 0. The van der Waals surface area contributed by atoms with Crippen LogP contribution >= 0.6 is 0 Å². The van der Waals surface area contributed by atoms with E-state index in [0.717, 1.165) is 5.56 Å². The standard InChI is InChI=1S/C19H18N2O5/c1-12-14(8-5-9-17(12)21(25)26)18(22)20-10-15(16(11-20)19(23)24)13-6-3-2-4-7-13/h2-9,15-16H,10-11H2,1H3,(H,23,24). The first kappa shape index (κ1) is 17.6. The SMILES string of the molecule is Cc1c(C(=O)N2CC(C(=O)O)C(c3ccccc3)C2)cccc1[N+](=O)[O-]. The minimum absolute atomic E-state index is 0.0792. The molecule has 1 aliphatic heterocycles. The average molecular weight is 354 g/mol. The molecule has 2 unspecified atom stereocenters. The maximum Gasteiger partial charge on any atom is 0.308 e. The van der Waals surface area contributed by atoms with Gasteiger partial charge >= 0.3 is 5.97 Å². The minimum Gasteiger partial charge on any atom is -0.481 e. The lowest BCUT2D eigenvalue weighted by Gasteiger charge is -2.17. The summed E-state index contributed by atoms with van der Waals surface area (Å²) in [5.41, 5.74) is 1.27. The summed E-state index contributed by atoms with van der Waals surface area (Å²) < 4.78 is 0. The number of hydrogen-bond donors (Lipinski definition) is 1. The van der Waals surface area contributed by atoms with Crippen LogP contribution in [0.3, 0.4) is 0 Å². The monoisotopic (exact) mass is 354 g/mol. The number of likely N-dealkylation sites (tertiary alicyclic amines) is 1. The highest BCUT2D eigenvalue weighted by Gasteiger charge is 2.41. The molecule has 7 nitrogen and oxygen atoms in total. The summed E-state index contributed by atoms with van der Waals surface area (Å²) in [7, 11) is 0. The van der Waals surface area contributed by atoms with Gasteiger partial charge in [0.05, 0.1) is 10.8 Å². The number of nitro benzene ring substituents is 1. The molecule has 2 aromatic rings. The topological polar surface area (TPSA) is 101 Å². The normalized spacial score (nSPS) is 19.3. The van der Waals surface area contributed by atoms with Crippen LogP contribution < -0.4 is 0 Å². The van der Waals surface area contributed by atoms with Crippen molar-refractivity contribution < 1.29 is 19.6 Å². The number of hydrogen-bond acceptors (Lipinski definition) is 4. The minimum atomic E-state index is -0.954. The first-order chi connectivity index (χ1) is 12.4. The molecular formula is C19H18N2O5. The molecule has 1 N–H and O–H groups in total. The van der Waals surface area contributed by atoms with Gasteiger partial charge in [-0.25, -0.2) is 0 Å². The molecule has 1 fully saturated rings. The Kier molecular flexibility index (Phi) is 4.71. The molecule has 0 aliphatic carbocycles. The van der Waals surface area contributed by atoms with E-state index in [2.05, 4.69) is 0 Å². The Morgan fingerprint density at radius 1 is 1.12 bits per heavy atom. The third-order valence-corrected chi connectivity index (χ3v) is 4.88. The predicted molar refractivity (Wildman–Crippen MR) is 94.0 cm³/mol. The number of carboxylic acid groups (broad SMARTS) is 1. The van der Waals surface area contributed by atoms with Gasteiger partial charge in [-0.15, -0.1) is 0 Å². The van der Waals surface area contributed by atoms with Crippen LogP contribution in [0.25, 0.3) is 0 Å². The van der Waals surface area contributed by atoms with Crippen molar-refractivity contribution in [1.82, 2.24) is 4.90 Å². The third kappa shape index (κ3) is 3.15. The maximum absolute atomic E-state index is 12.9. The van der Waals surface area contributed by atoms with Gasteiger partial charge in [0, 0.05) is 36.2 Å². The van der Waals surface area contributed by atoms with Crippen molar-refractivity contribution in [2.75, 3.05) is 13.1 Å². The van der Waals surface area contributed by atoms with Gasteiger partial charge in [0.15, 0.2) is 0 Å². The van der Waals surface area contributed by atoms with Gasteiger partial charge in [0.25, 0.3) is 11.6 Å². The van der Waals surface area contributed by atoms with Gasteiger partial charge in [-0.3, -0.25) is 19.7 Å². The molecule has 26 heavy (non-hydrogen) atoms. The molecule has 0 spiro atoms. The van der Waals surface area contributed by atoms with Crippen LogP contribution in [0.2, 0.25) is 0 Å². The fraction of sp³-hybridized carbons (Fsp3) is 0.263. The van der Waals surface area contributed by atoms with E-state index in [9.17, 15) is 24.8 Å². The van der Waals surface area contributed by atoms with Gasteiger partial charge in [0.2, 0.25) is 0 Å². The molecule has 1 amide bonds. The van der Waals surface area contributed by atoms with E-state index in [1.165, 1.54) is 30.0 Å². The third-order valence-electron chi connectivity index (χ3n) is 4.88. The van der Waals surface area contributed by atoms with E-state index in [4.69, 9.17) is 0 Å². The first-order valence-electron chi connectivity index (χ1n) is 8.21. The van der Waals surface area contributed by atoms with Crippen molar-refractivity contribution in [2.24, 2.45) is 5.92 Å². The van der Waals surface area contributed by atoms with E-state index in [-0.39, 0.29) is 41.7 Å². The Bertz CT molecular complexity index is 865. The fourth-order valence-electron chi connectivity index (χ4n) is 3.48. The molecule has 1 saturated heterocycles. The van der Waals surface area contributed by atoms with Crippen molar-refractivity contribution >= 4 is 17.6 Å². The number of carbonyl (C=O) groups is 2. The molecule has 0 radical (unpaired) electrons. The molecule has 0 aromatic heterocycles. The summed E-state index contributed by atoms with van der Waals surface area (Å²) in [5, 5.41) is 20.7. The van der Waals surface area contributed by atoms with Crippen molar-refractivity contribution in [1.29, 1.82) is 0 Å². The number of carboxylic acids is 1. The van der Waals surface area contributed by atoms with E-state index in [1.807, 2.05) is 30.3 Å². The van der Waals surface area contributed by atoms with Crippen molar-refractivity contribution in [3.63, 3.8) is 0 Å². The van der Waals surface area contributed by atoms with Crippen molar-refractivity contribution in [3.05, 3.63) is 75.3 Å². The average Bonchev–Trinajstić information content (AvgIpc) is 3.07. The van der Waals surface area contributed by atoms with Gasteiger partial charge in [0.1, 0.15) is 0 Å². The molecule has 134 valence electrons. The van der Waals surface area contributed by atoms with Gasteiger partial charge in [-0.05, 0) is 18.6 Å². The van der Waals surface area contributed by atoms with Crippen molar-refractivity contribution in [3.8, 4) is 0 Å². The summed E-state index contributed by atoms with van der Waals surface area (Å²) in [6.45, 7) is 1.88. The Morgan fingerprint density at radius 2 is 1.81 bits per heavy atom. The Hall–Kier alpha value is -3.22. The van der Waals surface area contributed by atoms with E-state index >= 15 is 0 Å². The number of carbonyl (C=O) groups excluding carboxylic acids is 1. The number of rotatable bonds is 4. The first-order valence-corrected chi connectivity index (χ1v) is 8.21. The number of nitrogens with zero attached hydrogens (tertiary/aromatic N) is 2. The Balaban J connectivity index is 1.91. The smallest absolute Gasteiger partial charge is 0.308 e. The molecule has 1 heterocycles. The summed E-state index contributed by atoms with van der Waals surface area (Å²) in [6, 6.07) is 13.6. The molecule has 0 bridgehead atoms. The molecular weight excluding hydrogens is 336 g/mol. The van der Waals surface area contributed by atoms with Gasteiger partial charge in [-0.2, -0.15) is 0 Å². The molecule has 7 heteroatoms. The predicted octanol–water partition coefficient (Wildman–Crippen LogP) is 2.84. The lowest BCUT2D eigenvalue weighted by Crippen LogP contribution is -2.30. The second kappa shape index (κ2) is 6.95. The maximum atomic E-state index is 12.9. The number of amides is 1. The van der Waals surface area contributed by atoms with Crippen molar-refractivity contribution in [2.45, 2.75) is 12.8 Å². The summed E-state index contributed by atoms with van der Waals surface area (Å²) in [4.78, 5) is 36.6. The number of aliphatic carboxylic acids is 1. The molecule has 1 aliphatic rings. The Labute approximate surface area is 150 Å². The van der Waals surface area contributed by atoms with Gasteiger partial charge < -0.3 is 10.0 Å². The van der Waals surface area contributed by atoms with Crippen LogP contribution in [-0.4, -0.2) is 39.9 Å². The lowest BCUT2D eigenvalue weighted by molar-refractivity contribution is -0.385. The second-order valence-corrected chi connectivity index (χ2v) is 6.38. The van der Waals surface area contributed by atoms with E-state index in [1.54, 1.807) is 0 Å². The molecule has 3 rings (SSSR count). The summed E-state index contributed by atoms with van der Waals surface area (Å²) >= 11 is 0.